The average molecular weight is 312 g/mol. The normalized spacial score (nSPS) is 13.3. The fourth-order valence-electron chi connectivity index (χ4n) is 2.48. The fourth-order valence-corrected chi connectivity index (χ4v) is 2.48. The Morgan fingerprint density at radius 1 is 1.09 bits per heavy atom. The second-order valence-electron chi connectivity index (χ2n) is 5.86. The van der Waals surface area contributed by atoms with Gasteiger partial charge in [-0.1, -0.05) is 29.9 Å². The van der Waals surface area contributed by atoms with Gasteiger partial charge in [-0.05, 0) is 81.0 Å². The summed E-state index contributed by atoms with van der Waals surface area (Å²) in [5.41, 5.74) is 7.37. The van der Waals surface area contributed by atoms with Crippen LogP contribution < -0.4 is 4.74 Å². The first kappa shape index (κ1) is 18.8. The van der Waals surface area contributed by atoms with Gasteiger partial charge in [0.2, 0.25) is 0 Å². The van der Waals surface area contributed by atoms with Crippen LogP contribution >= 0.6 is 0 Å². The Labute approximate surface area is 140 Å². The maximum atomic E-state index is 8.70. The second kappa shape index (κ2) is 9.04. The zero-order valence-corrected chi connectivity index (χ0v) is 15.1. The lowest BCUT2D eigenvalue weighted by Gasteiger charge is -2.15. The molecule has 1 aromatic rings. The van der Waals surface area contributed by atoms with Gasteiger partial charge in [-0.25, -0.2) is 0 Å². The van der Waals surface area contributed by atoms with Gasteiger partial charge < -0.3 is 9.84 Å². The quantitative estimate of drug-likeness (QED) is 0.540. The number of rotatable bonds is 6. The van der Waals surface area contributed by atoms with Gasteiger partial charge in [-0.2, -0.15) is 0 Å². The minimum atomic E-state index is 0.915. The molecule has 0 fully saturated rings. The molecule has 0 amide bonds. The lowest BCUT2D eigenvalue weighted by Crippen LogP contribution is -1.99. The van der Waals surface area contributed by atoms with Gasteiger partial charge in [0, 0.05) is 0 Å². The number of aryl methyl sites for hydroxylation is 1. The van der Waals surface area contributed by atoms with Crippen LogP contribution in [0.1, 0.15) is 36.1 Å². The maximum Gasteiger partial charge on any atom is 0.122 e. The van der Waals surface area contributed by atoms with Gasteiger partial charge >= 0.3 is 0 Å². The van der Waals surface area contributed by atoms with Crippen LogP contribution in [0.3, 0.4) is 0 Å². The van der Waals surface area contributed by atoms with Gasteiger partial charge in [0.1, 0.15) is 5.75 Å². The second-order valence-corrected chi connectivity index (χ2v) is 5.86. The van der Waals surface area contributed by atoms with E-state index in [0.29, 0.717) is 0 Å². The first-order chi connectivity index (χ1) is 10.9. The van der Waals surface area contributed by atoms with Crippen molar-refractivity contribution in [3.8, 4) is 5.75 Å². The van der Waals surface area contributed by atoms with E-state index in [9.17, 15) is 0 Å². The molecular formula is C21H28O2. The van der Waals surface area contributed by atoms with E-state index in [1.807, 2.05) is 19.1 Å². The van der Waals surface area contributed by atoms with Crippen LogP contribution in [-0.2, 0) is 6.42 Å². The molecule has 0 unspecified atom stereocenters. The van der Waals surface area contributed by atoms with Gasteiger partial charge in [-0.15, -0.1) is 0 Å². The Bertz CT molecular complexity index is 659. The van der Waals surface area contributed by atoms with Crippen LogP contribution in [0.25, 0.3) is 0 Å². The van der Waals surface area contributed by atoms with Crippen LogP contribution in [0.2, 0.25) is 0 Å². The Balaban J connectivity index is 2.91. The van der Waals surface area contributed by atoms with E-state index in [1.165, 1.54) is 27.8 Å². The highest BCUT2D eigenvalue weighted by Gasteiger charge is 2.09. The monoisotopic (exact) mass is 312 g/mol. The third kappa shape index (κ3) is 5.48. The minimum absolute atomic E-state index is 0.915. The fraction of sp³-hybridized carbons (Fsp3) is 0.333. The Kier molecular flexibility index (Phi) is 7.40. The Hall–Kier alpha value is -2.22. The molecule has 2 heteroatoms. The van der Waals surface area contributed by atoms with E-state index in [4.69, 9.17) is 9.84 Å². The van der Waals surface area contributed by atoms with Crippen molar-refractivity contribution in [1.82, 2.24) is 0 Å². The molecule has 0 atom stereocenters. The summed E-state index contributed by atoms with van der Waals surface area (Å²) in [6.07, 6.45) is 11.9. The molecule has 124 valence electrons. The lowest BCUT2D eigenvalue weighted by molar-refractivity contribution is 0.410. The molecule has 1 aromatic carbocycles. The molecule has 23 heavy (non-hydrogen) atoms. The smallest absolute Gasteiger partial charge is 0.122 e. The van der Waals surface area contributed by atoms with Gasteiger partial charge in [-0.3, -0.25) is 0 Å². The third-order valence-corrected chi connectivity index (χ3v) is 4.11. The Morgan fingerprint density at radius 2 is 1.78 bits per heavy atom. The number of aliphatic hydroxyl groups is 1. The predicted molar refractivity (Wildman–Crippen MR) is 99.3 cm³/mol. The van der Waals surface area contributed by atoms with Crippen molar-refractivity contribution >= 4 is 0 Å². The largest absolute Gasteiger partial charge is 0.516 e. The molecule has 0 aliphatic heterocycles. The van der Waals surface area contributed by atoms with Crippen LogP contribution in [0.15, 0.2) is 53.9 Å². The first-order valence-corrected chi connectivity index (χ1v) is 7.86. The topological polar surface area (TPSA) is 29.5 Å². The zero-order chi connectivity index (χ0) is 17.4. The van der Waals surface area contributed by atoms with E-state index >= 15 is 0 Å². The molecule has 0 saturated heterocycles. The predicted octanol–water partition coefficient (Wildman–Crippen LogP) is 5.68. The molecule has 0 aromatic heterocycles. The van der Waals surface area contributed by atoms with Gasteiger partial charge in [0.15, 0.2) is 0 Å². The molecule has 0 saturated carbocycles. The molecular weight excluding hydrogens is 284 g/mol. The molecule has 0 radical (unpaired) electrons. The van der Waals surface area contributed by atoms with Crippen molar-refractivity contribution in [2.24, 2.45) is 0 Å². The summed E-state index contributed by atoms with van der Waals surface area (Å²) in [6.45, 7) is 10.4. The maximum absolute atomic E-state index is 8.70. The van der Waals surface area contributed by atoms with Crippen molar-refractivity contribution in [3.05, 3.63) is 76.1 Å². The first-order valence-electron chi connectivity index (χ1n) is 7.86. The van der Waals surface area contributed by atoms with Crippen LogP contribution in [0.5, 0.6) is 5.75 Å². The molecule has 0 aliphatic carbocycles. The highest BCUT2D eigenvalue weighted by Crippen LogP contribution is 2.28. The van der Waals surface area contributed by atoms with E-state index in [2.05, 4.69) is 45.9 Å². The number of aliphatic hydroxyl groups excluding tert-OH is 1. The molecule has 0 heterocycles. The van der Waals surface area contributed by atoms with Crippen LogP contribution in [-0.4, -0.2) is 12.2 Å². The molecule has 2 nitrogen and oxygen atoms in total. The average Bonchev–Trinajstić information content (AvgIpc) is 2.51. The molecule has 0 bridgehead atoms. The zero-order valence-electron chi connectivity index (χ0n) is 15.1. The van der Waals surface area contributed by atoms with Gasteiger partial charge in [0.05, 0.1) is 13.4 Å². The number of methoxy groups -OCH3 is 1. The summed E-state index contributed by atoms with van der Waals surface area (Å²) in [5.74, 6) is 0.960. The summed E-state index contributed by atoms with van der Waals surface area (Å²) in [5, 5.41) is 8.70. The summed E-state index contributed by atoms with van der Waals surface area (Å²) in [6, 6.07) is 2.12. The number of hydrogen-bond donors (Lipinski definition) is 1. The molecule has 1 N–H and O–H groups in total. The number of ether oxygens (including phenoxy) is 1. The lowest BCUT2D eigenvalue weighted by atomic mass is 9.94. The number of benzene rings is 1. The Morgan fingerprint density at radius 3 is 2.39 bits per heavy atom. The molecule has 0 spiro atoms. The molecule has 1 rings (SSSR count). The standard InChI is InChI=1S/C21H28O2/c1-15(8-7-9-16(2)12-13-22)10-11-20-17(3)14-21(23-6)19(5)18(20)4/h7-10,12-14,22H,11H2,1-6H3/b8-7+,13-12+,15-10+,16-9+. The van der Waals surface area contributed by atoms with Crippen molar-refractivity contribution in [2.75, 3.05) is 7.11 Å². The SMILES string of the molecule is COc1cc(C)c(C/C=C(C)/C=C/C=C(C)/C=C/O)c(C)c1C. The summed E-state index contributed by atoms with van der Waals surface area (Å²) >= 11 is 0. The van der Waals surface area contributed by atoms with Crippen molar-refractivity contribution in [3.63, 3.8) is 0 Å². The highest BCUT2D eigenvalue weighted by molar-refractivity contribution is 5.49. The van der Waals surface area contributed by atoms with Crippen LogP contribution in [0, 0.1) is 20.8 Å². The summed E-state index contributed by atoms with van der Waals surface area (Å²) in [7, 11) is 1.72. The van der Waals surface area contributed by atoms with E-state index < -0.39 is 0 Å². The summed E-state index contributed by atoms with van der Waals surface area (Å²) in [4.78, 5) is 0. The van der Waals surface area contributed by atoms with E-state index in [0.717, 1.165) is 24.0 Å². The van der Waals surface area contributed by atoms with Crippen LogP contribution in [0.4, 0.5) is 0 Å². The number of hydrogen-bond acceptors (Lipinski definition) is 2. The van der Waals surface area contributed by atoms with Crippen molar-refractivity contribution in [2.45, 2.75) is 41.0 Å². The molecule has 0 aliphatic rings. The third-order valence-electron chi connectivity index (χ3n) is 4.11. The van der Waals surface area contributed by atoms with Crippen molar-refractivity contribution < 1.29 is 9.84 Å². The van der Waals surface area contributed by atoms with E-state index in [1.54, 1.807) is 13.2 Å². The minimum Gasteiger partial charge on any atom is -0.516 e. The van der Waals surface area contributed by atoms with Gasteiger partial charge in [0.25, 0.3) is 0 Å². The highest BCUT2D eigenvalue weighted by atomic mass is 16.5. The van der Waals surface area contributed by atoms with Crippen molar-refractivity contribution in [1.29, 1.82) is 0 Å². The number of allylic oxidation sites excluding steroid dienone is 7. The summed E-state index contributed by atoms with van der Waals surface area (Å²) < 4.78 is 5.43. The van der Waals surface area contributed by atoms with E-state index in [-0.39, 0.29) is 0 Å².